The maximum absolute atomic E-state index is 13.7. The summed E-state index contributed by atoms with van der Waals surface area (Å²) in [6.45, 7) is 0. The summed E-state index contributed by atoms with van der Waals surface area (Å²) < 4.78 is 72.8. The van der Waals surface area contributed by atoms with Gasteiger partial charge in [-0.15, -0.1) is 0 Å². The highest BCUT2D eigenvalue weighted by molar-refractivity contribution is 7.80. The van der Waals surface area contributed by atoms with Crippen molar-refractivity contribution in [2.24, 2.45) is 0 Å². The van der Waals surface area contributed by atoms with Gasteiger partial charge in [-0.1, -0.05) is 12.1 Å². The molecule has 1 unspecified atom stereocenters. The summed E-state index contributed by atoms with van der Waals surface area (Å²) in [5, 5.41) is 0. The Morgan fingerprint density at radius 2 is 1.68 bits per heavy atom. The Morgan fingerprint density at radius 3 is 2.18 bits per heavy atom. The van der Waals surface area contributed by atoms with Crippen molar-refractivity contribution in [1.82, 2.24) is 0 Å². The van der Waals surface area contributed by atoms with E-state index in [0.29, 0.717) is 5.56 Å². The van der Waals surface area contributed by atoms with Crippen molar-refractivity contribution in [3.8, 4) is 11.1 Å². The van der Waals surface area contributed by atoms with Crippen molar-refractivity contribution in [3.05, 3.63) is 47.8 Å². The van der Waals surface area contributed by atoms with Gasteiger partial charge in [-0.2, -0.15) is 13.2 Å². The lowest BCUT2D eigenvalue weighted by Crippen LogP contribution is -2.08. The zero-order valence-electron chi connectivity index (χ0n) is 10.8. The minimum atomic E-state index is -4.56. The summed E-state index contributed by atoms with van der Waals surface area (Å²) >= 11 is -2.43. The second-order valence-corrected chi connectivity index (χ2v) is 5.05. The van der Waals surface area contributed by atoms with E-state index in [0.717, 1.165) is 18.2 Å². The van der Waals surface area contributed by atoms with Crippen LogP contribution in [0.2, 0.25) is 0 Å². The molecule has 118 valence electrons. The Labute approximate surface area is 125 Å². The summed E-state index contributed by atoms with van der Waals surface area (Å²) in [7, 11) is 0. The minimum Gasteiger partial charge on any atom is -0.398 e. The van der Waals surface area contributed by atoms with Crippen LogP contribution in [0, 0.1) is 5.82 Å². The lowest BCUT2D eigenvalue weighted by atomic mass is 10.0. The minimum absolute atomic E-state index is 0.204. The second-order valence-electron chi connectivity index (χ2n) is 4.35. The second kappa shape index (κ2) is 5.93. The summed E-state index contributed by atoms with van der Waals surface area (Å²) in [5.41, 5.74) is 4.32. The van der Waals surface area contributed by atoms with Crippen LogP contribution in [-0.2, 0) is 17.4 Å². The predicted molar refractivity (Wildman–Crippen MR) is 75.6 cm³/mol. The Balaban J connectivity index is 2.39. The average molecular weight is 334 g/mol. The molecular formula is C13H10F4N2O2S. The molecule has 0 radical (unpaired) electrons. The van der Waals surface area contributed by atoms with Gasteiger partial charge < -0.3 is 5.73 Å². The van der Waals surface area contributed by atoms with Gasteiger partial charge in [0.1, 0.15) is 5.82 Å². The third-order valence-electron chi connectivity index (χ3n) is 2.86. The zero-order valence-corrected chi connectivity index (χ0v) is 11.6. The number of hydrogen-bond donors (Lipinski definition) is 3. The molecule has 0 saturated heterocycles. The average Bonchev–Trinajstić information content (AvgIpc) is 2.39. The molecule has 0 aliphatic rings. The Bertz CT molecular complexity index is 734. The molecule has 0 aliphatic carbocycles. The Morgan fingerprint density at radius 1 is 1.09 bits per heavy atom. The van der Waals surface area contributed by atoms with Gasteiger partial charge in [-0.25, -0.2) is 8.60 Å². The molecule has 0 aromatic heterocycles. The Hall–Kier alpha value is -2.13. The van der Waals surface area contributed by atoms with Crippen LogP contribution in [-0.4, -0.2) is 8.76 Å². The molecule has 4 N–H and O–H groups in total. The van der Waals surface area contributed by atoms with E-state index < -0.39 is 34.5 Å². The van der Waals surface area contributed by atoms with Gasteiger partial charge in [-0.05, 0) is 35.4 Å². The first kappa shape index (κ1) is 16.2. The van der Waals surface area contributed by atoms with Gasteiger partial charge in [0.25, 0.3) is 11.3 Å². The fraction of sp³-hybridized carbons (Fsp3) is 0.0769. The fourth-order valence-electron chi connectivity index (χ4n) is 1.87. The number of anilines is 2. The topological polar surface area (TPSA) is 75.3 Å². The molecular weight excluding hydrogens is 324 g/mol. The molecule has 0 fully saturated rings. The van der Waals surface area contributed by atoms with Gasteiger partial charge in [0.2, 0.25) is 0 Å². The monoisotopic (exact) mass is 334 g/mol. The highest BCUT2D eigenvalue weighted by Gasteiger charge is 2.32. The molecule has 0 spiro atoms. The number of rotatable bonds is 3. The molecule has 0 bridgehead atoms. The van der Waals surface area contributed by atoms with Crippen molar-refractivity contribution in [3.63, 3.8) is 0 Å². The van der Waals surface area contributed by atoms with Crippen molar-refractivity contribution < 1.29 is 26.3 Å². The Kier molecular flexibility index (Phi) is 4.38. The van der Waals surface area contributed by atoms with E-state index in [1.807, 2.05) is 4.72 Å². The first-order chi connectivity index (χ1) is 10.2. The lowest BCUT2D eigenvalue weighted by molar-refractivity contribution is -0.136. The van der Waals surface area contributed by atoms with E-state index in [9.17, 15) is 21.8 Å². The van der Waals surface area contributed by atoms with Crippen LogP contribution in [0.1, 0.15) is 5.56 Å². The lowest BCUT2D eigenvalue weighted by Gasteiger charge is -2.12. The van der Waals surface area contributed by atoms with Crippen LogP contribution in [0.25, 0.3) is 11.1 Å². The number of nitrogens with one attached hydrogen (secondary N) is 1. The third kappa shape index (κ3) is 3.55. The number of nitrogens with two attached hydrogens (primary N) is 1. The summed E-state index contributed by atoms with van der Waals surface area (Å²) in [6.07, 6.45) is -4.56. The highest BCUT2D eigenvalue weighted by atomic mass is 32.2. The molecule has 22 heavy (non-hydrogen) atoms. The smallest absolute Gasteiger partial charge is 0.398 e. The van der Waals surface area contributed by atoms with Gasteiger partial charge in [0, 0.05) is 5.69 Å². The number of benzene rings is 2. The van der Waals surface area contributed by atoms with E-state index in [1.165, 1.54) is 18.2 Å². The first-order valence-corrected chi connectivity index (χ1v) is 6.93. The number of hydrogen-bond acceptors (Lipinski definition) is 2. The summed E-state index contributed by atoms with van der Waals surface area (Å²) in [6, 6.07) is 6.70. The quantitative estimate of drug-likeness (QED) is 0.456. The molecule has 0 saturated carbocycles. The molecule has 0 aliphatic heterocycles. The van der Waals surface area contributed by atoms with E-state index in [-0.39, 0.29) is 11.3 Å². The molecule has 4 nitrogen and oxygen atoms in total. The van der Waals surface area contributed by atoms with E-state index in [2.05, 4.69) is 0 Å². The maximum Gasteiger partial charge on any atom is 0.418 e. The molecule has 0 heterocycles. The van der Waals surface area contributed by atoms with Crippen LogP contribution < -0.4 is 10.5 Å². The van der Waals surface area contributed by atoms with Gasteiger partial charge >= 0.3 is 6.18 Å². The van der Waals surface area contributed by atoms with Crippen molar-refractivity contribution >= 4 is 22.6 Å². The molecule has 2 rings (SSSR count). The number of alkyl halides is 3. The molecule has 1 atom stereocenters. The number of nitrogen functional groups attached to an aromatic ring is 1. The van der Waals surface area contributed by atoms with Gasteiger partial charge in [0.05, 0.1) is 11.3 Å². The van der Waals surface area contributed by atoms with Crippen molar-refractivity contribution in [1.29, 1.82) is 0 Å². The molecule has 0 amide bonds. The first-order valence-electron chi connectivity index (χ1n) is 5.82. The standard InChI is InChI=1S/C13H10F4N2O2S/c14-10-5-7(2-4-12(10)19-22(20)21)8-1-3-9(11(18)6-8)13(15,16)17/h1-6,19H,18H2,(H,20,21). The van der Waals surface area contributed by atoms with E-state index in [4.69, 9.17) is 10.3 Å². The van der Waals surface area contributed by atoms with Gasteiger partial charge in [-0.3, -0.25) is 9.27 Å². The highest BCUT2D eigenvalue weighted by Crippen LogP contribution is 2.36. The van der Waals surface area contributed by atoms with Crippen LogP contribution >= 0.6 is 0 Å². The normalized spacial score (nSPS) is 13.0. The SMILES string of the molecule is Nc1cc(-c2ccc(NS(=O)O)c(F)c2)ccc1C(F)(F)F. The summed E-state index contributed by atoms with van der Waals surface area (Å²) in [4.78, 5) is 0. The maximum atomic E-state index is 13.7. The molecule has 2 aromatic carbocycles. The predicted octanol–water partition coefficient (Wildman–Crippen LogP) is 3.64. The van der Waals surface area contributed by atoms with Crippen LogP contribution in [0.4, 0.5) is 28.9 Å². The third-order valence-corrected chi connectivity index (χ3v) is 3.25. The number of halogens is 4. The summed E-state index contributed by atoms with van der Waals surface area (Å²) in [5.74, 6) is -0.821. The zero-order chi connectivity index (χ0) is 16.5. The molecule has 2 aromatic rings. The fourth-order valence-corrected chi connectivity index (χ4v) is 2.23. The van der Waals surface area contributed by atoms with Gasteiger partial charge in [0.15, 0.2) is 0 Å². The van der Waals surface area contributed by atoms with E-state index in [1.54, 1.807) is 0 Å². The van der Waals surface area contributed by atoms with Crippen molar-refractivity contribution in [2.75, 3.05) is 10.5 Å². The van der Waals surface area contributed by atoms with Crippen molar-refractivity contribution in [2.45, 2.75) is 6.18 Å². The van der Waals surface area contributed by atoms with Crippen LogP contribution in [0.5, 0.6) is 0 Å². The van der Waals surface area contributed by atoms with Crippen LogP contribution in [0.3, 0.4) is 0 Å². The largest absolute Gasteiger partial charge is 0.418 e. The van der Waals surface area contributed by atoms with E-state index >= 15 is 0 Å². The van der Waals surface area contributed by atoms with Crippen LogP contribution in [0.15, 0.2) is 36.4 Å². The molecule has 9 heteroatoms.